The second kappa shape index (κ2) is 8.74. The van der Waals surface area contributed by atoms with Crippen LogP contribution >= 0.6 is 24.8 Å². The van der Waals surface area contributed by atoms with Gasteiger partial charge in [0, 0.05) is 27.3 Å². The number of phenols is 1. The Labute approximate surface area is 148 Å². The van der Waals surface area contributed by atoms with Gasteiger partial charge in [-0.2, -0.15) is 0 Å². The van der Waals surface area contributed by atoms with Crippen LogP contribution in [0.3, 0.4) is 0 Å². The molecule has 20 heavy (non-hydrogen) atoms. The first kappa shape index (κ1) is 21.8. The van der Waals surface area contributed by atoms with Gasteiger partial charge in [0.25, 0.3) is 0 Å². The quantitative estimate of drug-likeness (QED) is 0.704. The third-order valence-electron chi connectivity index (χ3n) is 2.94. The van der Waals surface area contributed by atoms with Gasteiger partial charge in [-0.25, -0.2) is 0 Å². The zero-order chi connectivity index (χ0) is 12.5. The van der Waals surface area contributed by atoms with Gasteiger partial charge in [0.1, 0.15) is 5.75 Å². The van der Waals surface area contributed by atoms with E-state index in [-0.39, 0.29) is 51.9 Å². The molecule has 4 heteroatoms. The average molecular weight is 347 g/mol. The van der Waals surface area contributed by atoms with Crippen LogP contribution in [0.15, 0.2) is 48.5 Å². The molecule has 0 bridgehead atoms. The van der Waals surface area contributed by atoms with E-state index in [1.807, 2.05) is 30.3 Å². The monoisotopic (exact) mass is 346 g/mol. The molecule has 0 spiro atoms. The fraction of sp³-hybridized carbons (Fsp3) is 0.250. The predicted octanol–water partition coefficient (Wildman–Crippen LogP) is 5.20. The van der Waals surface area contributed by atoms with Crippen molar-refractivity contribution in [3.8, 4) is 16.9 Å². The van der Waals surface area contributed by atoms with Crippen molar-refractivity contribution in [1.29, 1.82) is 0 Å². The van der Waals surface area contributed by atoms with Gasteiger partial charge in [-0.15, -0.1) is 24.8 Å². The second-order valence-corrected chi connectivity index (χ2v) is 5.35. The third-order valence-corrected chi connectivity index (χ3v) is 2.94. The molecule has 0 atom stereocenters. The average Bonchev–Trinajstić information content (AvgIpc) is 2.29. The van der Waals surface area contributed by atoms with Crippen LogP contribution in [0.5, 0.6) is 5.75 Å². The Kier molecular flexibility index (Phi) is 9.54. The van der Waals surface area contributed by atoms with E-state index in [9.17, 15) is 5.11 Å². The van der Waals surface area contributed by atoms with Gasteiger partial charge in [0.2, 0.25) is 0 Å². The van der Waals surface area contributed by atoms with Gasteiger partial charge in [0.15, 0.2) is 0 Å². The largest absolute Gasteiger partial charge is 0.507 e. The van der Waals surface area contributed by atoms with E-state index in [0.29, 0.717) is 5.75 Å². The summed E-state index contributed by atoms with van der Waals surface area (Å²) in [5, 5.41) is 9.86. The van der Waals surface area contributed by atoms with Crippen LogP contribution in [0.4, 0.5) is 0 Å². The Morgan fingerprint density at radius 1 is 0.850 bits per heavy atom. The van der Waals surface area contributed by atoms with E-state index in [4.69, 9.17) is 0 Å². The molecule has 0 unspecified atom stereocenters. The molecule has 1 N–H and O–H groups in total. The van der Waals surface area contributed by atoms with Crippen molar-refractivity contribution in [2.24, 2.45) is 0 Å². The van der Waals surface area contributed by atoms with Crippen LogP contribution in [-0.4, -0.2) is 5.11 Å². The SMILES string of the molecule is CC(C)(C)c1cccc(-c2ccccc2O)c1.Cl.Cl.[Ti]. The predicted molar refractivity (Wildman–Crippen MR) is 86.7 cm³/mol. The maximum atomic E-state index is 9.86. The summed E-state index contributed by atoms with van der Waals surface area (Å²) in [6.45, 7) is 6.57. The van der Waals surface area contributed by atoms with Crippen molar-refractivity contribution in [3.63, 3.8) is 0 Å². The van der Waals surface area contributed by atoms with Crippen LogP contribution in [0.25, 0.3) is 11.1 Å². The molecule has 0 amide bonds. The van der Waals surface area contributed by atoms with Gasteiger partial charge >= 0.3 is 0 Å². The molecule has 0 aromatic heterocycles. The van der Waals surface area contributed by atoms with Gasteiger partial charge in [0.05, 0.1) is 0 Å². The maximum Gasteiger partial charge on any atom is 0.123 e. The van der Waals surface area contributed by atoms with E-state index < -0.39 is 0 Å². The van der Waals surface area contributed by atoms with E-state index in [2.05, 4.69) is 32.9 Å². The molecule has 0 saturated carbocycles. The zero-order valence-electron chi connectivity index (χ0n) is 11.9. The van der Waals surface area contributed by atoms with Crippen LogP contribution in [0.2, 0.25) is 0 Å². The minimum Gasteiger partial charge on any atom is -0.507 e. The molecule has 108 valence electrons. The van der Waals surface area contributed by atoms with Crippen LogP contribution in [0.1, 0.15) is 26.3 Å². The van der Waals surface area contributed by atoms with E-state index >= 15 is 0 Å². The molecule has 2 rings (SSSR count). The number of hydrogen-bond donors (Lipinski definition) is 1. The second-order valence-electron chi connectivity index (χ2n) is 5.35. The number of halogens is 2. The van der Waals surface area contributed by atoms with Crippen LogP contribution in [-0.2, 0) is 27.1 Å². The van der Waals surface area contributed by atoms with Crippen LogP contribution < -0.4 is 0 Å². The molecule has 1 nitrogen and oxygen atoms in total. The van der Waals surface area contributed by atoms with Crippen LogP contribution in [0, 0.1) is 0 Å². The molecule has 0 fully saturated rings. The van der Waals surface area contributed by atoms with Crippen molar-refractivity contribution in [2.45, 2.75) is 26.2 Å². The number of benzene rings is 2. The summed E-state index contributed by atoms with van der Waals surface area (Å²) in [6.07, 6.45) is 0. The first-order valence-electron chi connectivity index (χ1n) is 5.87. The summed E-state index contributed by atoms with van der Waals surface area (Å²) in [6, 6.07) is 15.8. The fourth-order valence-corrected chi connectivity index (χ4v) is 1.87. The fourth-order valence-electron chi connectivity index (χ4n) is 1.87. The summed E-state index contributed by atoms with van der Waals surface area (Å²) in [4.78, 5) is 0. The summed E-state index contributed by atoms with van der Waals surface area (Å²) in [7, 11) is 0. The first-order chi connectivity index (χ1) is 7.98. The molecule has 0 aliphatic carbocycles. The Morgan fingerprint density at radius 2 is 1.45 bits per heavy atom. The van der Waals surface area contributed by atoms with E-state index in [1.165, 1.54) is 5.56 Å². The Morgan fingerprint density at radius 3 is 2.00 bits per heavy atom. The Balaban J connectivity index is 0. The first-order valence-corrected chi connectivity index (χ1v) is 5.87. The summed E-state index contributed by atoms with van der Waals surface area (Å²) in [5.41, 5.74) is 3.35. The summed E-state index contributed by atoms with van der Waals surface area (Å²) in [5.74, 6) is 0.332. The van der Waals surface area contributed by atoms with Gasteiger partial charge in [-0.05, 0) is 22.6 Å². The molecule has 0 saturated heterocycles. The molecular formula is C16H20Cl2OTi. The number of phenolic OH excluding ortho intramolecular Hbond substituents is 1. The van der Waals surface area contributed by atoms with Gasteiger partial charge < -0.3 is 5.11 Å². The molecular weight excluding hydrogens is 327 g/mol. The Bertz CT molecular complexity index is 536. The van der Waals surface area contributed by atoms with Gasteiger partial charge in [-0.1, -0.05) is 63.2 Å². The third kappa shape index (κ3) is 5.14. The summed E-state index contributed by atoms with van der Waals surface area (Å²) < 4.78 is 0. The minimum absolute atomic E-state index is 0. The molecule has 2 aromatic carbocycles. The van der Waals surface area contributed by atoms with Crippen molar-refractivity contribution < 1.29 is 26.8 Å². The Hall–Kier alpha value is -0.466. The number of para-hydroxylation sites is 1. The van der Waals surface area contributed by atoms with Crippen molar-refractivity contribution in [1.82, 2.24) is 0 Å². The number of hydrogen-bond acceptors (Lipinski definition) is 1. The molecule has 0 radical (unpaired) electrons. The molecule has 0 aliphatic rings. The molecule has 0 heterocycles. The van der Waals surface area contributed by atoms with Crippen molar-refractivity contribution >= 4 is 24.8 Å². The van der Waals surface area contributed by atoms with E-state index in [0.717, 1.165) is 11.1 Å². The van der Waals surface area contributed by atoms with Crippen molar-refractivity contribution in [3.05, 3.63) is 54.1 Å². The normalized spacial score (nSPS) is 9.75. The molecule has 0 aliphatic heterocycles. The standard InChI is InChI=1S/C16H18O.2ClH.Ti/c1-16(2,3)13-8-6-7-12(11-13)14-9-4-5-10-15(14)17;;;/h4-11,17H,1-3H3;2*1H;. The zero-order valence-corrected chi connectivity index (χ0v) is 15.1. The minimum atomic E-state index is 0. The molecule has 2 aromatic rings. The van der Waals surface area contributed by atoms with E-state index in [1.54, 1.807) is 6.07 Å². The topological polar surface area (TPSA) is 20.2 Å². The number of aromatic hydroxyl groups is 1. The van der Waals surface area contributed by atoms with Gasteiger partial charge in [-0.3, -0.25) is 0 Å². The maximum absolute atomic E-state index is 9.86. The van der Waals surface area contributed by atoms with Crippen molar-refractivity contribution in [2.75, 3.05) is 0 Å². The number of rotatable bonds is 1. The summed E-state index contributed by atoms with van der Waals surface area (Å²) >= 11 is 0. The smallest absolute Gasteiger partial charge is 0.123 e.